The summed E-state index contributed by atoms with van der Waals surface area (Å²) in [6.07, 6.45) is 1.24. The van der Waals surface area contributed by atoms with E-state index >= 15 is 0 Å². The van der Waals surface area contributed by atoms with Gasteiger partial charge in [-0.05, 0) is 43.4 Å². The lowest BCUT2D eigenvalue weighted by molar-refractivity contribution is -0.128. The number of carbonyl (C=O) groups excluding carboxylic acids is 1. The van der Waals surface area contributed by atoms with E-state index in [1.165, 1.54) is 10.4 Å². The van der Waals surface area contributed by atoms with Gasteiger partial charge in [0.25, 0.3) is 0 Å². The monoisotopic (exact) mass is 418 g/mol. The van der Waals surface area contributed by atoms with Crippen LogP contribution in [-0.4, -0.2) is 44.0 Å². The van der Waals surface area contributed by atoms with Gasteiger partial charge in [0.2, 0.25) is 15.9 Å². The van der Waals surface area contributed by atoms with Crippen LogP contribution >= 0.6 is 0 Å². The van der Waals surface area contributed by atoms with Gasteiger partial charge in [0.15, 0.2) is 0 Å². The van der Waals surface area contributed by atoms with E-state index < -0.39 is 15.4 Å². The van der Waals surface area contributed by atoms with E-state index in [0.717, 1.165) is 5.56 Å². The van der Waals surface area contributed by atoms with Gasteiger partial charge in [-0.2, -0.15) is 0 Å². The Morgan fingerprint density at radius 3 is 2.31 bits per heavy atom. The van der Waals surface area contributed by atoms with Gasteiger partial charge < -0.3 is 5.32 Å². The first-order valence-corrected chi connectivity index (χ1v) is 11.5. The largest absolute Gasteiger partial charge is 0.355 e. The molecule has 156 valence electrons. The van der Waals surface area contributed by atoms with Crippen LogP contribution in [0.2, 0.25) is 0 Å². The standard InChI is InChI=1S/C22H27FN2O3S/c1-2-29(27,28)25-16-13-22(14-17-25,19-9-4-3-5-10-19)21(26)24-15-12-18-8-6-7-11-20(18)23/h3-11H,2,12-17H2,1H3,(H,24,26). The number of halogens is 1. The maximum atomic E-state index is 13.8. The molecule has 0 aromatic heterocycles. The number of rotatable bonds is 7. The summed E-state index contributed by atoms with van der Waals surface area (Å²) >= 11 is 0. The molecule has 0 unspecified atom stereocenters. The summed E-state index contributed by atoms with van der Waals surface area (Å²) in [7, 11) is -3.28. The Bertz CT molecular complexity index is 940. The first-order chi connectivity index (χ1) is 13.9. The third-order valence-corrected chi connectivity index (χ3v) is 7.61. The number of hydrogen-bond donors (Lipinski definition) is 1. The molecule has 1 fully saturated rings. The molecule has 2 aromatic carbocycles. The van der Waals surface area contributed by atoms with Crippen LogP contribution in [0.15, 0.2) is 54.6 Å². The SMILES string of the molecule is CCS(=O)(=O)N1CCC(C(=O)NCCc2ccccc2F)(c2ccccc2)CC1. The van der Waals surface area contributed by atoms with Crippen LogP contribution in [0, 0.1) is 5.82 Å². The van der Waals surface area contributed by atoms with Gasteiger partial charge >= 0.3 is 0 Å². The number of hydrogen-bond acceptors (Lipinski definition) is 3. The second kappa shape index (κ2) is 9.05. The summed E-state index contributed by atoms with van der Waals surface area (Å²) in [5.74, 6) is -0.355. The molecule has 1 N–H and O–H groups in total. The average Bonchev–Trinajstić information content (AvgIpc) is 2.75. The lowest BCUT2D eigenvalue weighted by Gasteiger charge is -2.40. The maximum absolute atomic E-state index is 13.8. The van der Waals surface area contributed by atoms with Gasteiger partial charge in [-0.1, -0.05) is 48.5 Å². The molecule has 7 heteroatoms. The minimum Gasteiger partial charge on any atom is -0.355 e. The fraction of sp³-hybridized carbons (Fsp3) is 0.409. The average molecular weight is 419 g/mol. The van der Waals surface area contributed by atoms with Crippen molar-refractivity contribution in [1.82, 2.24) is 9.62 Å². The van der Waals surface area contributed by atoms with Crippen LogP contribution in [0.3, 0.4) is 0 Å². The van der Waals surface area contributed by atoms with Crippen molar-refractivity contribution in [3.63, 3.8) is 0 Å². The zero-order valence-electron chi connectivity index (χ0n) is 16.6. The second-order valence-corrected chi connectivity index (χ2v) is 9.60. The second-order valence-electron chi connectivity index (χ2n) is 7.35. The van der Waals surface area contributed by atoms with Crippen molar-refractivity contribution in [1.29, 1.82) is 0 Å². The Morgan fingerprint density at radius 2 is 1.69 bits per heavy atom. The number of amides is 1. The molecule has 1 saturated heterocycles. The summed E-state index contributed by atoms with van der Waals surface area (Å²) < 4.78 is 39.7. The van der Waals surface area contributed by atoms with Gasteiger partial charge in [0, 0.05) is 19.6 Å². The van der Waals surface area contributed by atoms with E-state index in [9.17, 15) is 17.6 Å². The highest BCUT2D eigenvalue weighted by atomic mass is 32.2. The summed E-state index contributed by atoms with van der Waals surface area (Å²) in [6, 6.07) is 16.0. The normalized spacial score (nSPS) is 17.0. The van der Waals surface area contributed by atoms with Crippen molar-refractivity contribution in [2.75, 3.05) is 25.4 Å². The summed E-state index contributed by atoms with van der Waals surface area (Å²) in [4.78, 5) is 13.2. The molecule has 2 aromatic rings. The summed E-state index contributed by atoms with van der Waals surface area (Å²) in [5.41, 5.74) is 0.665. The number of nitrogens with zero attached hydrogens (tertiary/aromatic N) is 1. The minimum absolute atomic E-state index is 0.0557. The molecule has 0 spiro atoms. The number of piperidine rings is 1. The zero-order valence-corrected chi connectivity index (χ0v) is 17.4. The van der Waals surface area contributed by atoms with Crippen molar-refractivity contribution in [2.45, 2.75) is 31.6 Å². The van der Waals surface area contributed by atoms with Crippen molar-refractivity contribution in [2.24, 2.45) is 0 Å². The molecule has 0 aliphatic carbocycles. The van der Waals surface area contributed by atoms with E-state index in [1.54, 1.807) is 25.1 Å². The fourth-order valence-electron chi connectivity index (χ4n) is 3.91. The van der Waals surface area contributed by atoms with E-state index in [4.69, 9.17) is 0 Å². The van der Waals surface area contributed by atoms with Crippen LogP contribution in [0.1, 0.15) is 30.9 Å². The molecule has 0 atom stereocenters. The van der Waals surface area contributed by atoms with E-state index in [2.05, 4.69) is 5.32 Å². The minimum atomic E-state index is -3.28. The van der Waals surface area contributed by atoms with Crippen molar-refractivity contribution in [3.8, 4) is 0 Å². The Balaban J connectivity index is 1.75. The molecule has 1 heterocycles. The molecule has 0 saturated carbocycles. The predicted molar refractivity (Wildman–Crippen MR) is 112 cm³/mol. The number of sulfonamides is 1. The van der Waals surface area contributed by atoms with Gasteiger partial charge in [-0.3, -0.25) is 4.79 Å². The summed E-state index contributed by atoms with van der Waals surface area (Å²) in [6.45, 7) is 2.58. The molecule has 0 bridgehead atoms. The van der Waals surface area contributed by atoms with Crippen LogP contribution in [0.25, 0.3) is 0 Å². The maximum Gasteiger partial charge on any atom is 0.230 e. The molecular weight excluding hydrogens is 391 g/mol. The lowest BCUT2D eigenvalue weighted by Crippen LogP contribution is -2.53. The van der Waals surface area contributed by atoms with Gasteiger partial charge in [0.05, 0.1) is 11.2 Å². The Kier molecular flexibility index (Phi) is 6.70. The molecule has 1 amide bonds. The summed E-state index contributed by atoms with van der Waals surface area (Å²) in [5, 5.41) is 2.96. The molecule has 1 aliphatic rings. The fourth-order valence-corrected chi connectivity index (χ4v) is 5.02. The first kappa shape index (κ1) is 21.5. The smallest absolute Gasteiger partial charge is 0.230 e. The highest BCUT2D eigenvalue weighted by Gasteiger charge is 2.44. The van der Waals surface area contributed by atoms with E-state index in [-0.39, 0.29) is 17.5 Å². The molecule has 0 radical (unpaired) electrons. The molecule has 3 rings (SSSR count). The third-order valence-electron chi connectivity index (χ3n) is 5.73. The topological polar surface area (TPSA) is 66.5 Å². The van der Waals surface area contributed by atoms with Crippen molar-refractivity contribution < 1.29 is 17.6 Å². The number of nitrogens with one attached hydrogen (secondary N) is 1. The Morgan fingerprint density at radius 1 is 1.07 bits per heavy atom. The van der Waals surface area contributed by atoms with Crippen LogP contribution in [0.5, 0.6) is 0 Å². The Labute approximate surface area is 172 Å². The van der Waals surface area contributed by atoms with Gasteiger partial charge in [-0.15, -0.1) is 0 Å². The van der Waals surface area contributed by atoms with E-state index in [0.29, 0.717) is 44.5 Å². The lowest BCUT2D eigenvalue weighted by atomic mass is 9.72. The third kappa shape index (κ3) is 4.67. The number of carbonyl (C=O) groups is 1. The van der Waals surface area contributed by atoms with Crippen LogP contribution in [0.4, 0.5) is 4.39 Å². The molecule has 29 heavy (non-hydrogen) atoms. The molecule has 5 nitrogen and oxygen atoms in total. The van der Waals surface area contributed by atoms with Gasteiger partial charge in [-0.25, -0.2) is 17.1 Å². The highest BCUT2D eigenvalue weighted by Crippen LogP contribution is 2.36. The van der Waals surface area contributed by atoms with Crippen molar-refractivity contribution in [3.05, 3.63) is 71.5 Å². The Hall–Kier alpha value is -2.25. The predicted octanol–water partition coefficient (Wildman–Crippen LogP) is 2.87. The molecule has 1 aliphatic heterocycles. The van der Waals surface area contributed by atoms with E-state index in [1.807, 2.05) is 30.3 Å². The quantitative estimate of drug-likeness (QED) is 0.752. The van der Waals surface area contributed by atoms with Crippen LogP contribution < -0.4 is 5.32 Å². The molecular formula is C22H27FN2O3S. The first-order valence-electron chi connectivity index (χ1n) is 9.94. The highest BCUT2D eigenvalue weighted by molar-refractivity contribution is 7.89. The number of benzene rings is 2. The van der Waals surface area contributed by atoms with Crippen molar-refractivity contribution >= 4 is 15.9 Å². The van der Waals surface area contributed by atoms with Gasteiger partial charge in [0.1, 0.15) is 5.82 Å². The zero-order chi connectivity index (χ0) is 20.9. The van der Waals surface area contributed by atoms with Crippen LogP contribution in [-0.2, 0) is 26.7 Å².